The van der Waals surface area contributed by atoms with Crippen molar-refractivity contribution in [3.63, 3.8) is 0 Å². The molecule has 3 saturated carbocycles. The number of rotatable bonds is 7. The molecule has 1 heterocycles. The average molecular weight is 559 g/mol. The van der Waals surface area contributed by atoms with Gasteiger partial charge in [0, 0.05) is 11.8 Å². The summed E-state index contributed by atoms with van der Waals surface area (Å²) in [5.74, 6) is 2.65. The number of hydrogen-bond donors (Lipinski definition) is 0. The fraction of sp³-hybridized carbons (Fsp3) is 0.676. The van der Waals surface area contributed by atoms with Gasteiger partial charge in [-0.2, -0.15) is 0 Å². The molecule has 4 aliphatic rings. The van der Waals surface area contributed by atoms with Gasteiger partial charge in [-0.15, -0.1) is 0 Å². The second-order valence-corrected chi connectivity index (χ2v) is 15.2. The number of allylic oxidation sites excluding steroid dienone is 1. The van der Waals surface area contributed by atoms with Crippen LogP contribution in [0.2, 0.25) is 0 Å². The average Bonchev–Trinajstić information content (AvgIpc) is 3.28. The van der Waals surface area contributed by atoms with Gasteiger partial charge in [-0.1, -0.05) is 83.7 Å². The molecule has 7 atom stereocenters. The minimum atomic E-state index is -0.623. The van der Waals surface area contributed by atoms with E-state index in [-0.39, 0.29) is 17.1 Å². The summed E-state index contributed by atoms with van der Waals surface area (Å²) in [6, 6.07) is 8.89. The number of benzene rings is 1. The number of fused-ring (bicyclic) bond motifs is 6. The maximum absolute atomic E-state index is 13.1. The predicted octanol–water partition coefficient (Wildman–Crippen LogP) is 9.50. The smallest absolute Gasteiger partial charge is 0.351 e. The minimum absolute atomic E-state index is 0.00575. The third-order valence-corrected chi connectivity index (χ3v) is 12.5. The van der Waals surface area contributed by atoms with Gasteiger partial charge in [0.25, 0.3) is 0 Å². The van der Waals surface area contributed by atoms with Gasteiger partial charge in [0.2, 0.25) is 0 Å². The molecule has 41 heavy (non-hydrogen) atoms. The quantitative estimate of drug-likeness (QED) is 0.147. The van der Waals surface area contributed by atoms with Crippen molar-refractivity contribution in [2.75, 3.05) is 0 Å². The summed E-state index contributed by atoms with van der Waals surface area (Å²) < 4.78 is 11.4. The van der Waals surface area contributed by atoms with Crippen LogP contribution in [0.4, 0.5) is 0 Å². The van der Waals surface area contributed by atoms with Crippen LogP contribution < -0.4 is 5.63 Å². The highest BCUT2D eigenvalue weighted by atomic mass is 16.5. The number of ether oxygens (including phenoxy) is 1. The highest BCUT2D eigenvalue weighted by molar-refractivity contribution is 5.92. The molecular formula is C37H50O4. The van der Waals surface area contributed by atoms with Crippen molar-refractivity contribution in [2.45, 2.75) is 118 Å². The Morgan fingerprint density at radius 3 is 2.61 bits per heavy atom. The Morgan fingerprint density at radius 2 is 1.80 bits per heavy atom. The molecule has 0 unspecified atom stereocenters. The zero-order valence-corrected chi connectivity index (χ0v) is 26.0. The Hall–Kier alpha value is -2.36. The summed E-state index contributed by atoms with van der Waals surface area (Å²) in [5, 5.41) is 0.735. The van der Waals surface area contributed by atoms with Gasteiger partial charge in [0.05, 0.1) is 0 Å². The first kappa shape index (κ1) is 28.7. The first-order valence-corrected chi connectivity index (χ1v) is 16.5. The number of hydrogen-bond acceptors (Lipinski definition) is 4. The van der Waals surface area contributed by atoms with Crippen molar-refractivity contribution in [2.24, 2.45) is 39.9 Å². The third kappa shape index (κ3) is 4.91. The molecule has 1 aromatic heterocycles. The monoisotopic (exact) mass is 558 g/mol. The normalized spacial score (nSPS) is 36.4. The molecule has 0 bridgehead atoms. The highest BCUT2D eigenvalue weighted by Gasteiger charge is 2.63. The topological polar surface area (TPSA) is 56.5 Å². The molecule has 0 spiro atoms. The van der Waals surface area contributed by atoms with Crippen LogP contribution in [0.3, 0.4) is 0 Å². The number of carbonyl (C=O) groups excluding carboxylic acids is 1. The number of para-hydroxylation sites is 1. The van der Waals surface area contributed by atoms with E-state index in [1.165, 1.54) is 56.9 Å². The van der Waals surface area contributed by atoms with Crippen LogP contribution in [-0.2, 0) is 4.74 Å². The van der Waals surface area contributed by atoms with Crippen molar-refractivity contribution in [1.82, 2.24) is 0 Å². The number of unbranched alkanes of at least 4 members (excludes halogenated alkanes) is 1. The Labute approximate surface area is 246 Å². The molecule has 0 N–H and O–H groups in total. The molecular weight excluding hydrogens is 508 g/mol. The Bertz CT molecular complexity index is 1380. The van der Waals surface area contributed by atoms with Crippen LogP contribution >= 0.6 is 0 Å². The molecule has 0 amide bonds. The van der Waals surface area contributed by atoms with Gasteiger partial charge in [-0.25, -0.2) is 9.59 Å². The van der Waals surface area contributed by atoms with Gasteiger partial charge in [-0.05, 0) is 103 Å². The van der Waals surface area contributed by atoms with Crippen LogP contribution in [0, 0.1) is 39.9 Å². The zero-order chi connectivity index (χ0) is 29.0. The van der Waals surface area contributed by atoms with Crippen LogP contribution in [0.25, 0.3) is 11.0 Å². The van der Waals surface area contributed by atoms with Crippen LogP contribution in [0.1, 0.15) is 122 Å². The second kappa shape index (κ2) is 10.7. The van der Waals surface area contributed by atoms with E-state index in [2.05, 4.69) is 40.7 Å². The number of carbonyl (C=O) groups is 1. The molecule has 222 valence electrons. The molecule has 0 saturated heterocycles. The van der Waals surface area contributed by atoms with E-state index in [4.69, 9.17) is 9.15 Å². The van der Waals surface area contributed by atoms with Crippen molar-refractivity contribution in [3.05, 3.63) is 58.0 Å². The van der Waals surface area contributed by atoms with Crippen molar-refractivity contribution >= 4 is 16.9 Å². The van der Waals surface area contributed by atoms with E-state index < -0.39 is 11.6 Å². The Kier molecular flexibility index (Phi) is 7.52. The molecule has 6 rings (SSSR count). The van der Waals surface area contributed by atoms with E-state index in [0.29, 0.717) is 22.3 Å². The second-order valence-electron chi connectivity index (χ2n) is 15.2. The lowest BCUT2D eigenvalue weighted by Gasteiger charge is -2.63. The summed E-state index contributed by atoms with van der Waals surface area (Å²) in [6.45, 7) is 12.5. The van der Waals surface area contributed by atoms with E-state index in [1.54, 1.807) is 12.1 Å². The SMILES string of the molecule is CC(C)CCCC[C@H]1CC[C@@H]2[C@]3(C)CC=C4C[C@@H](OC(=O)c5cc6ccccc6oc5=O)CC[C@]4(C)[C@H]3CC[C@]12C. The Balaban J connectivity index is 1.15. The van der Waals surface area contributed by atoms with Gasteiger partial charge >= 0.3 is 11.6 Å². The standard InChI is InChI=1S/C37H50O4/c1-24(2)10-6-8-12-26-14-15-31-35(26,3)21-18-32-36(4)20-17-28(23-27(36)16-19-37(31,32)5)40-33(38)29-22-25-11-7-9-13-30(25)41-34(29)39/h7,9,11,13,16,22,24,26,28,31-32H,6,8,10,12,14-15,17-21,23H2,1-5H3/t26-,28-,31-,32+,35+,36-,37-/m0/s1. The van der Waals surface area contributed by atoms with Gasteiger partial charge in [0.1, 0.15) is 17.3 Å². The van der Waals surface area contributed by atoms with Crippen LogP contribution in [0.15, 0.2) is 51.2 Å². The highest BCUT2D eigenvalue weighted by Crippen LogP contribution is 2.71. The van der Waals surface area contributed by atoms with Crippen molar-refractivity contribution in [1.29, 1.82) is 0 Å². The van der Waals surface area contributed by atoms with Gasteiger partial charge in [-0.3, -0.25) is 0 Å². The summed E-state index contributed by atoms with van der Waals surface area (Å²) in [6.07, 6.45) is 17.3. The molecule has 4 heteroatoms. The Morgan fingerprint density at radius 1 is 1.00 bits per heavy atom. The molecule has 3 fully saturated rings. The predicted molar refractivity (Wildman–Crippen MR) is 165 cm³/mol. The lowest BCUT2D eigenvalue weighted by Crippen LogP contribution is -2.56. The summed E-state index contributed by atoms with van der Waals surface area (Å²) >= 11 is 0. The maximum atomic E-state index is 13.1. The lowest BCUT2D eigenvalue weighted by molar-refractivity contribution is -0.110. The molecule has 2 aromatic rings. The van der Waals surface area contributed by atoms with E-state index >= 15 is 0 Å². The van der Waals surface area contributed by atoms with Crippen LogP contribution in [-0.4, -0.2) is 12.1 Å². The molecule has 0 radical (unpaired) electrons. The molecule has 0 aliphatic heterocycles. The van der Waals surface area contributed by atoms with Crippen LogP contribution in [0.5, 0.6) is 0 Å². The van der Waals surface area contributed by atoms with E-state index in [1.807, 2.05) is 18.2 Å². The van der Waals surface area contributed by atoms with E-state index in [0.717, 1.165) is 48.8 Å². The molecule has 4 nitrogen and oxygen atoms in total. The summed E-state index contributed by atoms with van der Waals surface area (Å²) in [7, 11) is 0. The third-order valence-electron chi connectivity index (χ3n) is 12.5. The fourth-order valence-corrected chi connectivity index (χ4v) is 10.3. The minimum Gasteiger partial charge on any atom is -0.458 e. The van der Waals surface area contributed by atoms with E-state index in [9.17, 15) is 9.59 Å². The molecule has 1 aromatic carbocycles. The van der Waals surface area contributed by atoms with Crippen molar-refractivity contribution < 1.29 is 13.9 Å². The first-order chi connectivity index (χ1) is 19.5. The van der Waals surface area contributed by atoms with Gasteiger partial charge < -0.3 is 9.15 Å². The summed E-state index contributed by atoms with van der Waals surface area (Å²) in [4.78, 5) is 25.7. The zero-order valence-electron chi connectivity index (χ0n) is 26.0. The lowest BCUT2D eigenvalue weighted by atomic mass is 9.41. The first-order valence-electron chi connectivity index (χ1n) is 16.5. The van der Waals surface area contributed by atoms with Crippen molar-refractivity contribution in [3.8, 4) is 0 Å². The van der Waals surface area contributed by atoms with Gasteiger partial charge in [0.15, 0.2) is 0 Å². The fourth-order valence-electron chi connectivity index (χ4n) is 10.3. The number of esters is 1. The maximum Gasteiger partial charge on any atom is 0.351 e. The summed E-state index contributed by atoms with van der Waals surface area (Å²) in [5.41, 5.74) is 2.36. The largest absolute Gasteiger partial charge is 0.458 e. The molecule has 4 aliphatic carbocycles.